The maximum absolute atomic E-state index is 12.8. The van der Waals surface area contributed by atoms with Gasteiger partial charge in [-0.25, -0.2) is 4.98 Å². The van der Waals surface area contributed by atoms with Crippen LogP contribution in [0.15, 0.2) is 42.7 Å². The van der Waals surface area contributed by atoms with E-state index in [-0.39, 0.29) is 17.3 Å². The van der Waals surface area contributed by atoms with Crippen molar-refractivity contribution in [2.24, 2.45) is 0 Å². The van der Waals surface area contributed by atoms with Crippen LogP contribution in [0, 0.1) is 5.41 Å². The minimum Gasteiger partial charge on any atom is -0.378 e. The predicted octanol–water partition coefficient (Wildman–Crippen LogP) is 2.53. The maximum Gasteiger partial charge on any atom is 0.258 e. The molecule has 2 aromatic rings. The summed E-state index contributed by atoms with van der Waals surface area (Å²) in [6.07, 6.45) is 5.55. The van der Waals surface area contributed by atoms with Gasteiger partial charge in [0.25, 0.3) is 11.8 Å². The summed E-state index contributed by atoms with van der Waals surface area (Å²) in [4.78, 5) is 33.7. The fraction of sp³-hybridized carbons (Fsp3) is 0.391. The van der Waals surface area contributed by atoms with Gasteiger partial charge in [-0.2, -0.15) is 0 Å². The molecule has 4 heterocycles. The van der Waals surface area contributed by atoms with Crippen molar-refractivity contribution >= 4 is 23.3 Å². The van der Waals surface area contributed by atoms with Crippen molar-refractivity contribution in [3.05, 3.63) is 59.4 Å². The molecule has 2 aliphatic rings. The van der Waals surface area contributed by atoms with Crippen LogP contribution in [0.3, 0.4) is 0 Å². The minimum atomic E-state index is -0.262. The van der Waals surface area contributed by atoms with E-state index in [2.05, 4.69) is 11.6 Å². The van der Waals surface area contributed by atoms with E-state index in [9.17, 15) is 9.59 Å². The van der Waals surface area contributed by atoms with E-state index in [1.165, 1.54) is 4.57 Å². The topological polar surface area (TPSA) is 91.5 Å². The van der Waals surface area contributed by atoms with Crippen LogP contribution in [0.4, 0.5) is 11.5 Å². The van der Waals surface area contributed by atoms with Crippen LogP contribution < -0.4 is 10.4 Å². The van der Waals surface area contributed by atoms with E-state index < -0.39 is 0 Å². The van der Waals surface area contributed by atoms with Crippen molar-refractivity contribution in [3.8, 4) is 0 Å². The number of hydrogen-bond donors (Lipinski definition) is 1. The zero-order chi connectivity index (χ0) is 22.0. The second-order valence-corrected chi connectivity index (χ2v) is 7.77. The Morgan fingerprint density at radius 1 is 1.23 bits per heavy atom. The quantitative estimate of drug-likeness (QED) is 0.766. The third-order valence-corrected chi connectivity index (χ3v) is 5.77. The first-order valence-electron chi connectivity index (χ1n) is 10.6. The van der Waals surface area contributed by atoms with Crippen molar-refractivity contribution in [1.29, 1.82) is 5.41 Å². The average Bonchev–Trinajstić information content (AvgIpc) is 2.82. The minimum absolute atomic E-state index is 0.0143. The third-order valence-electron chi connectivity index (χ3n) is 5.77. The molecule has 1 N–H and O–H groups in total. The van der Waals surface area contributed by atoms with Crippen LogP contribution in [0.5, 0.6) is 0 Å². The van der Waals surface area contributed by atoms with Crippen molar-refractivity contribution in [2.45, 2.75) is 26.2 Å². The number of nitrogens with zero attached hydrogens (tertiary/aromatic N) is 4. The normalized spacial score (nSPS) is 16.0. The Balaban J connectivity index is 1.60. The van der Waals surface area contributed by atoms with Gasteiger partial charge < -0.3 is 14.5 Å². The van der Waals surface area contributed by atoms with Gasteiger partial charge in [0.05, 0.1) is 18.8 Å². The smallest absolute Gasteiger partial charge is 0.258 e. The molecule has 0 saturated carbocycles. The summed E-state index contributed by atoms with van der Waals surface area (Å²) >= 11 is 0. The summed E-state index contributed by atoms with van der Waals surface area (Å²) in [7, 11) is 0. The highest BCUT2D eigenvalue weighted by atomic mass is 16.5. The lowest BCUT2D eigenvalue weighted by molar-refractivity contribution is 0.0302. The molecule has 8 nitrogen and oxygen atoms in total. The summed E-state index contributed by atoms with van der Waals surface area (Å²) in [5.41, 5.74) is 2.98. The third kappa shape index (κ3) is 4.16. The monoisotopic (exact) mass is 421 g/mol. The highest BCUT2D eigenvalue weighted by Crippen LogP contribution is 2.31. The molecule has 162 valence electrons. The molecule has 8 heteroatoms. The summed E-state index contributed by atoms with van der Waals surface area (Å²) in [5, 5.41) is 8.31. The first-order chi connectivity index (χ1) is 15.0. The van der Waals surface area contributed by atoms with Crippen LogP contribution in [-0.2, 0) is 11.2 Å². The Kier molecular flexibility index (Phi) is 5.99. The molecule has 1 saturated heterocycles. The largest absolute Gasteiger partial charge is 0.378 e. The number of aromatic nitrogens is 2. The number of ether oxygens (including phenoxy) is 1. The molecule has 2 aromatic heterocycles. The molecule has 0 spiro atoms. The summed E-state index contributed by atoms with van der Waals surface area (Å²) in [5.74, 6) is 0.522. The first-order valence-corrected chi connectivity index (χ1v) is 10.6. The lowest BCUT2D eigenvalue weighted by Crippen LogP contribution is -2.40. The molecule has 4 rings (SSSR count). The molecular weight excluding hydrogens is 394 g/mol. The highest BCUT2D eigenvalue weighted by Gasteiger charge is 2.24. The second kappa shape index (κ2) is 8.85. The van der Waals surface area contributed by atoms with Gasteiger partial charge >= 0.3 is 0 Å². The number of anilines is 2. The number of carbonyl (C=O) groups is 2. The standard InChI is InChI=1S/C23H27N5O3/c1-3-16(2)22(29)28-8-6-19(14-20(28)24)27-7-4-5-17-13-18(15-25-21(17)27)23(30)26-9-11-31-12-10-26/h6,8,13-15,24H,2-5,7,9-12H2,1H3. The molecule has 31 heavy (non-hydrogen) atoms. The van der Waals surface area contributed by atoms with Gasteiger partial charge in [-0.1, -0.05) is 13.5 Å². The average molecular weight is 422 g/mol. The van der Waals surface area contributed by atoms with Crippen molar-refractivity contribution < 1.29 is 14.3 Å². The number of pyridine rings is 2. The lowest BCUT2D eigenvalue weighted by Gasteiger charge is -2.31. The van der Waals surface area contributed by atoms with E-state index in [0.717, 1.165) is 36.5 Å². The maximum atomic E-state index is 12.8. The lowest BCUT2D eigenvalue weighted by atomic mass is 10.0. The molecule has 2 aliphatic heterocycles. The molecule has 0 bridgehead atoms. The molecule has 1 fully saturated rings. The fourth-order valence-corrected chi connectivity index (χ4v) is 3.94. The van der Waals surface area contributed by atoms with E-state index in [1.54, 1.807) is 23.4 Å². The molecule has 0 aliphatic carbocycles. The van der Waals surface area contributed by atoms with Crippen molar-refractivity contribution in [2.75, 3.05) is 37.7 Å². The van der Waals surface area contributed by atoms with Crippen LogP contribution in [0.25, 0.3) is 0 Å². The molecule has 0 radical (unpaired) electrons. The Morgan fingerprint density at radius 2 is 2.00 bits per heavy atom. The number of allylic oxidation sites excluding steroid dienone is 1. The van der Waals surface area contributed by atoms with Gasteiger partial charge in [-0.3, -0.25) is 19.6 Å². The molecular formula is C23H27N5O3. The van der Waals surface area contributed by atoms with Crippen LogP contribution in [-0.4, -0.2) is 59.1 Å². The van der Waals surface area contributed by atoms with E-state index in [4.69, 9.17) is 10.1 Å². The zero-order valence-corrected chi connectivity index (χ0v) is 17.8. The number of carbonyl (C=O) groups excluding carboxylic acids is 2. The number of amides is 1. The molecule has 0 atom stereocenters. The molecule has 0 aromatic carbocycles. The van der Waals surface area contributed by atoms with E-state index in [0.29, 0.717) is 43.9 Å². The summed E-state index contributed by atoms with van der Waals surface area (Å²) < 4.78 is 6.64. The number of aryl methyl sites for hydroxylation is 1. The number of rotatable bonds is 4. The number of hydrogen-bond acceptors (Lipinski definition) is 6. The van der Waals surface area contributed by atoms with Gasteiger partial charge in [0.1, 0.15) is 11.3 Å². The SMILES string of the molecule is C=C(CC)C(=O)n1ccc(N2CCCc3cc(C(=O)N4CCOCC4)cnc32)cc1=N. The van der Waals surface area contributed by atoms with Gasteiger partial charge in [0, 0.05) is 49.4 Å². The Labute approximate surface area is 181 Å². The van der Waals surface area contributed by atoms with Crippen LogP contribution in [0.1, 0.15) is 40.5 Å². The Bertz CT molecular complexity index is 1080. The number of nitrogens with one attached hydrogen (secondary N) is 1. The Hall–Kier alpha value is -3.26. The molecule has 0 unspecified atom stereocenters. The molecule has 1 amide bonds. The highest BCUT2D eigenvalue weighted by molar-refractivity contribution is 5.95. The van der Waals surface area contributed by atoms with Crippen LogP contribution in [0.2, 0.25) is 0 Å². The zero-order valence-electron chi connectivity index (χ0n) is 17.8. The van der Waals surface area contributed by atoms with E-state index >= 15 is 0 Å². The van der Waals surface area contributed by atoms with Gasteiger partial charge in [-0.15, -0.1) is 0 Å². The number of fused-ring (bicyclic) bond motifs is 1. The number of morpholine rings is 1. The van der Waals surface area contributed by atoms with Gasteiger partial charge in [-0.05, 0) is 37.0 Å². The van der Waals surface area contributed by atoms with Crippen molar-refractivity contribution in [3.63, 3.8) is 0 Å². The summed E-state index contributed by atoms with van der Waals surface area (Å²) in [6, 6.07) is 5.43. The predicted molar refractivity (Wildman–Crippen MR) is 117 cm³/mol. The summed E-state index contributed by atoms with van der Waals surface area (Å²) in [6.45, 7) is 8.73. The first kappa shape index (κ1) is 21.0. The van der Waals surface area contributed by atoms with Gasteiger partial charge in [0.15, 0.2) is 0 Å². The van der Waals surface area contributed by atoms with Crippen molar-refractivity contribution in [1.82, 2.24) is 14.5 Å². The second-order valence-electron chi connectivity index (χ2n) is 7.77. The Morgan fingerprint density at radius 3 is 2.71 bits per heavy atom. The van der Waals surface area contributed by atoms with E-state index in [1.807, 2.05) is 24.0 Å². The van der Waals surface area contributed by atoms with Gasteiger partial charge in [0.2, 0.25) is 0 Å². The van der Waals surface area contributed by atoms with Crippen LogP contribution >= 0.6 is 0 Å². The fourth-order valence-electron chi connectivity index (χ4n) is 3.94.